The van der Waals surface area contributed by atoms with E-state index in [1.807, 2.05) is 35.2 Å². The zero-order valence-corrected chi connectivity index (χ0v) is 19.4. The monoisotopic (exact) mass is 464 g/mol. The number of benzene rings is 2. The van der Waals surface area contributed by atoms with Crippen LogP contribution in [0.25, 0.3) is 10.9 Å². The summed E-state index contributed by atoms with van der Waals surface area (Å²) in [5.41, 5.74) is 1.72. The number of fused-ring (bicyclic) bond motifs is 1. The molecule has 0 radical (unpaired) electrons. The maximum Gasteiger partial charge on any atom is 0.409 e. The molecule has 0 N–H and O–H groups in total. The lowest BCUT2D eigenvalue weighted by molar-refractivity contribution is 0.0600. The van der Waals surface area contributed by atoms with Crippen LogP contribution in [0.4, 0.5) is 10.7 Å². The molecule has 0 atom stereocenters. The third kappa shape index (κ3) is 4.88. The number of methoxy groups -OCH3 is 1. The van der Waals surface area contributed by atoms with Gasteiger partial charge in [0.25, 0.3) is 5.56 Å². The molecular formula is C25H28N4O5. The summed E-state index contributed by atoms with van der Waals surface area (Å²) in [5, 5.41) is 0.439. The molecule has 1 aliphatic heterocycles. The van der Waals surface area contributed by atoms with Crippen LogP contribution in [-0.2, 0) is 22.4 Å². The SMILES string of the molecule is CCOC(=O)N1CCN(c2nc3cc(C(=O)OC)ccc3c(=O)n2CCc2ccccc2)CC1. The molecule has 4 rings (SSSR count). The molecule has 0 bridgehead atoms. The predicted molar refractivity (Wildman–Crippen MR) is 128 cm³/mol. The highest BCUT2D eigenvalue weighted by Crippen LogP contribution is 2.20. The molecule has 1 saturated heterocycles. The van der Waals surface area contributed by atoms with E-state index in [1.54, 1.807) is 34.6 Å². The van der Waals surface area contributed by atoms with Crippen LogP contribution >= 0.6 is 0 Å². The largest absolute Gasteiger partial charge is 0.465 e. The van der Waals surface area contributed by atoms with Crippen LogP contribution in [0, 0.1) is 0 Å². The lowest BCUT2D eigenvalue weighted by atomic mass is 10.1. The quantitative estimate of drug-likeness (QED) is 0.518. The van der Waals surface area contributed by atoms with Gasteiger partial charge in [-0.15, -0.1) is 0 Å². The van der Waals surface area contributed by atoms with Gasteiger partial charge in [0.1, 0.15) is 0 Å². The first-order chi connectivity index (χ1) is 16.5. The Hall–Kier alpha value is -3.88. The van der Waals surface area contributed by atoms with Gasteiger partial charge in [-0.25, -0.2) is 14.6 Å². The molecule has 178 valence electrons. The fourth-order valence-corrected chi connectivity index (χ4v) is 4.09. The molecule has 9 heteroatoms. The summed E-state index contributed by atoms with van der Waals surface area (Å²) >= 11 is 0. The summed E-state index contributed by atoms with van der Waals surface area (Å²) in [5.74, 6) is 0.0421. The highest BCUT2D eigenvalue weighted by Gasteiger charge is 2.25. The molecule has 1 aliphatic rings. The first kappa shape index (κ1) is 23.3. The molecule has 1 amide bonds. The number of ether oxygens (including phenoxy) is 2. The summed E-state index contributed by atoms with van der Waals surface area (Å²) < 4.78 is 11.6. The number of hydrogen-bond acceptors (Lipinski definition) is 7. The molecular weight excluding hydrogens is 436 g/mol. The molecule has 9 nitrogen and oxygen atoms in total. The third-order valence-electron chi connectivity index (χ3n) is 5.91. The second-order valence-corrected chi connectivity index (χ2v) is 8.00. The van der Waals surface area contributed by atoms with Gasteiger partial charge in [-0.2, -0.15) is 0 Å². The standard InChI is InChI=1S/C25H28N4O5/c1-3-34-25(32)28-15-13-27(14-16-28)24-26-21-17-19(23(31)33-2)9-10-20(21)22(30)29(24)12-11-18-7-5-4-6-8-18/h4-10,17H,3,11-16H2,1-2H3. The molecule has 0 spiro atoms. The van der Waals surface area contributed by atoms with Gasteiger partial charge in [-0.05, 0) is 37.1 Å². The Labute approximate surface area is 197 Å². The van der Waals surface area contributed by atoms with E-state index < -0.39 is 5.97 Å². The maximum absolute atomic E-state index is 13.5. The van der Waals surface area contributed by atoms with E-state index in [9.17, 15) is 14.4 Å². The maximum atomic E-state index is 13.5. The van der Waals surface area contributed by atoms with E-state index in [-0.39, 0.29) is 11.7 Å². The van der Waals surface area contributed by atoms with Crippen LogP contribution in [0.1, 0.15) is 22.8 Å². The summed E-state index contributed by atoms with van der Waals surface area (Å²) in [7, 11) is 1.32. The number of amides is 1. The van der Waals surface area contributed by atoms with Gasteiger partial charge < -0.3 is 19.3 Å². The van der Waals surface area contributed by atoms with E-state index in [0.717, 1.165) is 5.56 Å². The molecule has 1 fully saturated rings. The van der Waals surface area contributed by atoms with Crippen molar-refractivity contribution in [2.75, 3.05) is 44.8 Å². The first-order valence-electron chi connectivity index (χ1n) is 11.3. The third-order valence-corrected chi connectivity index (χ3v) is 5.91. The van der Waals surface area contributed by atoms with Crippen molar-refractivity contribution in [1.82, 2.24) is 14.5 Å². The minimum absolute atomic E-state index is 0.167. The zero-order valence-electron chi connectivity index (χ0n) is 19.4. The van der Waals surface area contributed by atoms with Gasteiger partial charge in [-0.3, -0.25) is 9.36 Å². The molecule has 0 unspecified atom stereocenters. The molecule has 3 aromatic rings. The van der Waals surface area contributed by atoms with Gasteiger partial charge >= 0.3 is 12.1 Å². The summed E-state index contributed by atoms with van der Waals surface area (Å²) in [6.45, 7) is 4.52. The van der Waals surface area contributed by atoms with Crippen molar-refractivity contribution >= 4 is 28.9 Å². The average molecular weight is 465 g/mol. The Kier molecular flexibility index (Phi) is 7.10. The Bertz CT molecular complexity index is 1230. The van der Waals surface area contributed by atoms with Crippen molar-refractivity contribution in [2.45, 2.75) is 19.9 Å². The minimum atomic E-state index is -0.485. The van der Waals surface area contributed by atoms with Gasteiger partial charge in [0.15, 0.2) is 0 Å². The second kappa shape index (κ2) is 10.4. The number of nitrogens with zero attached hydrogens (tertiary/aromatic N) is 4. The Morgan fingerprint density at radius 3 is 2.44 bits per heavy atom. The molecule has 0 aliphatic carbocycles. The normalized spacial score (nSPS) is 13.7. The second-order valence-electron chi connectivity index (χ2n) is 8.00. The molecule has 2 heterocycles. The zero-order chi connectivity index (χ0) is 24.1. The Morgan fingerprint density at radius 1 is 1.03 bits per heavy atom. The minimum Gasteiger partial charge on any atom is -0.465 e. The van der Waals surface area contributed by atoms with Gasteiger partial charge in [0.2, 0.25) is 5.95 Å². The molecule has 0 saturated carbocycles. The van der Waals surface area contributed by atoms with Gasteiger partial charge in [0.05, 0.1) is 30.2 Å². The number of aromatic nitrogens is 2. The van der Waals surface area contributed by atoms with Crippen LogP contribution in [0.3, 0.4) is 0 Å². The van der Waals surface area contributed by atoms with Gasteiger partial charge in [0, 0.05) is 32.7 Å². The fraction of sp³-hybridized carbons (Fsp3) is 0.360. The number of carbonyl (C=O) groups excluding carboxylic acids is 2. The number of esters is 1. The van der Waals surface area contributed by atoms with E-state index in [0.29, 0.717) is 68.2 Å². The van der Waals surface area contributed by atoms with Crippen LogP contribution in [0.2, 0.25) is 0 Å². The van der Waals surface area contributed by atoms with Crippen molar-refractivity contribution < 1.29 is 19.1 Å². The predicted octanol–water partition coefficient (Wildman–Crippen LogP) is 2.70. The molecule has 1 aromatic heterocycles. The Morgan fingerprint density at radius 2 is 1.76 bits per heavy atom. The van der Waals surface area contributed by atoms with Crippen molar-refractivity contribution in [3.63, 3.8) is 0 Å². The van der Waals surface area contributed by atoms with E-state index in [1.165, 1.54) is 7.11 Å². The fourth-order valence-electron chi connectivity index (χ4n) is 4.09. The lowest BCUT2D eigenvalue weighted by Gasteiger charge is -2.35. The van der Waals surface area contributed by atoms with Crippen molar-refractivity contribution in [2.24, 2.45) is 0 Å². The number of carbonyl (C=O) groups is 2. The first-order valence-corrected chi connectivity index (χ1v) is 11.3. The highest BCUT2D eigenvalue weighted by atomic mass is 16.6. The summed E-state index contributed by atoms with van der Waals surface area (Å²) in [6.07, 6.45) is 0.335. The molecule has 2 aromatic carbocycles. The van der Waals surface area contributed by atoms with Crippen molar-refractivity contribution in [3.05, 3.63) is 70.0 Å². The van der Waals surface area contributed by atoms with Crippen molar-refractivity contribution in [3.8, 4) is 0 Å². The number of hydrogen-bond donors (Lipinski definition) is 0. The summed E-state index contributed by atoms with van der Waals surface area (Å²) in [4.78, 5) is 46.1. The number of rotatable bonds is 6. The van der Waals surface area contributed by atoms with Crippen LogP contribution in [0.5, 0.6) is 0 Å². The van der Waals surface area contributed by atoms with Crippen LogP contribution in [-0.4, -0.2) is 66.4 Å². The number of anilines is 1. The highest BCUT2D eigenvalue weighted by molar-refractivity contribution is 5.94. The smallest absolute Gasteiger partial charge is 0.409 e. The van der Waals surface area contributed by atoms with E-state index in [4.69, 9.17) is 14.5 Å². The topological polar surface area (TPSA) is 94.0 Å². The molecule has 34 heavy (non-hydrogen) atoms. The lowest BCUT2D eigenvalue weighted by Crippen LogP contribution is -2.50. The van der Waals surface area contributed by atoms with E-state index in [2.05, 4.69) is 0 Å². The van der Waals surface area contributed by atoms with Crippen LogP contribution < -0.4 is 10.5 Å². The van der Waals surface area contributed by atoms with E-state index >= 15 is 0 Å². The Balaban J connectivity index is 1.70. The summed E-state index contributed by atoms with van der Waals surface area (Å²) in [6, 6.07) is 14.7. The number of aryl methyl sites for hydroxylation is 1. The number of piperazine rings is 1. The van der Waals surface area contributed by atoms with Gasteiger partial charge in [-0.1, -0.05) is 30.3 Å². The van der Waals surface area contributed by atoms with Crippen LogP contribution in [0.15, 0.2) is 53.3 Å². The van der Waals surface area contributed by atoms with Crippen molar-refractivity contribution in [1.29, 1.82) is 0 Å². The average Bonchev–Trinajstić information content (AvgIpc) is 2.88.